The van der Waals surface area contributed by atoms with E-state index in [1.807, 2.05) is 31.2 Å². The smallest absolute Gasteiger partial charge is 0.494 e. The summed E-state index contributed by atoms with van der Waals surface area (Å²) in [6.45, 7) is 1.97. The van der Waals surface area contributed by atoms with Crippen LogP contribution in [0.25, 0.3) is 0 Å². The molecule has 0 amide bonds. The van der Waals surface area contributed by atoms with E-state index in [0.717, 1.165) is 10.0 Å². The average molecular weight is 432 g/mol. The van der Waals surface area contributed by atoms with Crippen molar-refractivity contribution in [3.05, 3.63) is 82.9 Å². The Bertz CT molecular complexity index is 833. The number of hydrogen-bond acceptors (Lipinski definition) is 6. The molecule has 1 aliphatic rings. The lowest BCUT2D eigenvalue weighted by molar-refractivity contribution is 0.124. The first-order chi connectivity index (χ1) is 12.9. The van der Waals surface area contributed by atoms with E-state index >= 15 is 0 Å². The molecule has 0 spiro atoms. The number of halogens is 1. The zero-order valence-corrected chi connectivity index (χ0v) is 16.5. The fourth-order valence-corrected chi connectivity index (χ4v) is 2.98. The van der Waals surface area contributed by atoms with Crippen molar-refractivity contribution < 1.29 is 24.3 Å². The van der Waals surface area contributed by atoms with Gasteiger partial charge in [-0.05, 0) is 36.8 Å². The molecule has 2 aromatic carbocycles. The highest BCUT2D eigenvalue weighted by Gasteiger charge is 2.29. The van der Waals surface area contributed by atoms with E-state index in [4.69, 9.17) is 14.0 Å². The standard InChI is InChI=1S/C19H19BBrNO5/c1-13(14-4-3-5-16(21)10-14)25-17-8-6-15(7-9-17)20-26-18(23)11-22(2)12-19(24)27-20/h3-13,23-24H,1-2H3/b18-11-,19-12-/t13-/m0/s1. The van der Waals surface area contributed by atoms with Crippen molar-refractivity contribution in [2.24, 2.45) is 0 Å². The Balaban J connectivity index is 1.71. The highest BCUT2D eigenvalue weighted by Crippen LogP contribution is 2.23. The molecule has 0 saturated carbocycles. The molecule has 0 bridgehead atoms. The molecule has 1 aliphatic heterocycles. The van der Waals surface area contributed by atoms with Gasteiger partial charge in [-0.15, -0.1) is 0 Å². The summed E-state index contributed by atoms with van der Waals surface area (Å²) in [5.74, 6) is 0.0287. The van der Waals surface area contributed by atoms with Gasteiger partial charge in [0, 0.05) is 17.0 Å². The Labute approximate surface area is 166 Å². The Morgan fingerprint density at radius 3 is 2.26 bits per heavy atom. The summed E-state index contributed by atoms with van der Waals surface area (Å²) in [5, 5.41) is 19.6. The van der Waals surface area contributed by atoms with Crippen LogP contribution in [-0.4, -0.2) is 29.3 Å². The molecule has 2 N–H and O–H groups in total. The third-order valence-corrected chi connectivity index (χ3v) is 4.36. The maximum atomic E-state index is 9.80. The topological polar surface area (TPSA) is 71.4 Å². The molecule has 0 radical (unpaired) electrons. The fraction of sp³-hybridized carbons (Fsp3) is 0.158. The van der Waals surface area contributed by atoms with Crippen LogP contribution in [-0.2, 0) is 9.31 Å². The minimum absolute atomic E-state index is 0.128. The molecule has 140 valence electrons. The minimum atomic E-state index is -0.984. The van der Waals surface area contributed by atoms with Gasteiger partial charge in [0.25, 0.3) is 11.9 Å². The molecule has 8 heteroatoms. The highest BCUT2D eigenvalue weighted by atomic mass is 79.9. The first kappa shape index (κ1) is 19.0. The molecule has 6 nitrogen and oxygen atoms in total. The van der Waals surface area contributed by atoms with Gasteiger partial charge in [-0.2, -0.15) is 0 Å². The van der Waals surface area contributed by atoms with Gasteiger partial charge in [0.15, 0.2) is 0 Å². The van der Waals surface area contributed by atoms with Gasteiger partial charge in [0.05, 0.1) is 12.4 Å². The third-order valence-electron chi connectivity index (χ3n) is 3.87. The van der Waals surface area contributed by atoms with Gasteiger partial charge < -0.3 is 29.2 Å². The number of aliphatic hydroxyl groups is 2. The first-order valence-electron chi connectivity index (χ1n) is 8.29. The van der Waals surface area contributed by atoms with E-state index < -0.39 is 7.12 Å². The predicted octanol–water partition coefficient (Wildman–Crippen LogP) is 3.98. The van der Waals surface area contributed by atoms with Crippen LogP contribution in [0.15, 0.2) is 77.3 Å². The van der Waals surface area contributed by atoms with Gasteiger partial charge in [0.2, 0.25) is 0 Å². The van der Waals surface area contributed by atoms with Crippen molar-refractivity contribution in [1.82, 2.24) is 4.90 Å². The molecule has 2 aromatic rings. The van der Waals surface area contributed by atoms with Gasteiger partial charge >= 0.3 is 7.12 Å². The molecule has 0 unspecified atom stereocenters. The zero-order valence-electron chi connectivity index (χ0n) is 14.9. The quantitative estimate of drug-likeness (QED) is 0.713. The fourth-order valence-electron chi connectivity index (χ4n) is 2.56. The van der Waals surface area contributed by atoms with E-state index in [1.165, 1.54) is 17.3 Å². The van der Waals surface area contributed by atoms with E-state index in [9.17, 15) is 10.2 Å². The molecule has 1 heterocycles. The van der Waals surface area contributed by atoms with Crippen LogP contribution < -0.4 is 10.2 Å². The Morgan fingerprint density at radius 1 is 1.04 bits per heavy atom. The van der Waals surface area contributed by atoms with Crippen LogP contribution in [0.1, 0.15) is 18.6 Å². The Hall–Kier alpha value is -2.74. The van der Waals surface area contributed by atoms with Crippen LogP contribution in [0.5, 0.6) is 5.75 Å². The third kappa shape index (κ3) is 5.13. The van der Waals surface area contributed by atoms with Gasteiger partial charge in [0.1, 0.15) is 11.9 Å². The molecular formula is C19H19BBrNO5. The van der Waals surface area contributed by atoms with Crippen LogP contribution in [0.3, 0.4) is 0 Å². The van der Waals surface area contributed by atoms with Crippen LogP contribution in [0.2, 0.25) is 0 Å². The van der Waals surface area contributed by atoms with Gasteiger partial charge in [-0.25, -0.2) is 0 Å². The van der Waals surface area contributed by atoms with Crippen LogP contribution in [0.4, 0.5) is 0 Å². The molecule has 3 rings (SSSR count). The number of aliphatic hydroxyl groups excluding tert-OH is 2. The molecular weight excluding hydrogens is 413 g/mol. The molecule has 0 aromatic heterocycles. The summed E-state index contributed by atoms with van der Waals surface area (Å²) in [6, 6.07) is 15.0. The molecule has 0 saturated heterocycles. The summed E-state index contributed by atoms with van der Waals surface area (Å²) in [5.41, 5.74) is 1.66. The highest BCUT2D eigenvalue weighted by molar-refractivity contribution is 9.10. The first-order valence-corrected chi connectivity index (χ1v) is 9.09. The Morgan fingerprint density at radius 2 is 1.67 bits per heavy atom. The molecule has 27 heavy (non-hydrogen) atoms. The van der Waals surface area contributed by atoms with Crippen molar-refractivity contribution >= 4 is 28.5 Å². The number of benzene rings is 2. The summed E-state index contributed by atoms with van der Waals surface area (Å²) >= 11 is 3.46. The number of ether oxygens (including phenoxy) is 1. The van der Waals surface area contributed by atoms with Crippen molar-refractivity contribution in [2.75, 3.05) is 7.05 Å². The number of rotatable bonds is 4. The lowest BCUT2D eigenvalue weighted by Gasteiger charge is -2.20. The predicted molar refractivity (Wildman–Crippen MR) is 106 cm³/mol. The van der Waals surface area contributed by atoms with Crippen LogP contribution >= 0.6 is 15.9 Å². The molecule has 0 aliphatic carbocycles. The van der Waals surface area contributed by atoms with E-state index in [1.54, 1.807) is 31.3 Å². The molecule has 1 atom stereocenters. The second kappa shape index (κ2) is 8.31. The van der Waals surface area contributed by atoms with E-state index in [0.29, 0.717) is 11.2 Å². The number of hydrogen-bond donors (Lipinski definition) is 2. The maximum absolute atomic E-state index is 9.80. The minimum Gasteiger partial charge on any atom is -0.494 e. The summed E-state index contributed by atoms with van der Waals surface area (Å²) in [6.07, 6.45) is 2.52. The van der Waals surface area contributed by atoms with E-state index in [-0.39, 0.29) is 18.0 Å². The second-order valence-electron chi connectivity index (χ2n) is 6.05. The van der Waals surface area contributed by atoms with Crippen molar-refractivity contribution in [1.29, 1.82) is 0 Å². The summed E-state index contributed by atoms with van der Waals surface area (Å²) < 4.78 is 17.6. The van der Waals surface area contributed by atoms with Gasteiger partial charge in [-0.3, -0.25) is 0 Å². The normalized spacial score (nSPS) is 19.4. The molecule has 0 fully saturated rings. The average Bonchev–Trinajstić information content (AvgIpc) is 2.60. The van der Waals surface area contributed by atoms with Crippen molar-refractivity contribution in [3.63, 3.8) is 0 Å². The zero-order chi connectivity index (χ0) is 19.4. The maximum Gasteiger partial charge on any atom is 0.636 e. The summed E-state index contributed by atoms with van der Waals surface area (Å²) in [4.78, 5) is 1.42. The van der Waals surface area contributed by atoms with E-state index in [2.05, 4.69) is 15.9 Å². The lowest BCUT2D eigenvalue weighted by atomic mass is 9.79. The largest absolute Gasteiger partial charge is 0.636 e. The monoisotopic (exact) mass is 431 g/mol. The Kier molecular flexibility index (Phi) is 5.86. The summed E-state index contributed by atoms with van der Waals surface area (Å²) in [7, 11) is 0.640. The van der Waals surface area contributed by atoms with Crippen molar-refractivity contribution in [2.45, 2.75) is 13.0 Å². The SMILES string of the molecule is C[C@H](Oc1ccc(B2O/C(O)=C\N(C)/C=C(/O)O2)cc1)c1cccc(Br)c1. The van der Waals surface area contributed by atoms with Crippen molar-refractivity contribution in [3.8, 4) is 5.75 Å². The van der Waals surface area contributed by atoms with Gasteiger partial charge in [-0.1, -0.05) is 40.2 Å². The lowest BCUT2D eigenvalue weighted by Crippen LogP contribution is -2.37. The van der Waals surface area contributed by atoms with Crippen LogP contribution in [0, 0.1) is 0 Å². The second-order valence-corrected chi connectivity index (χ2v) is 6.97. The number of nitrogens with zero attached hydrogens (tertiary/aromatic N) is 1.